The van der Waals surface area contributed by atoms with Crippen LogP contribution in [-0.2, 0) is 11.8 Å². The fourth-order valence-corrected chi connectivity index (χ4v) is 5.74. The highest BCUT2D eigenvalue weighted by Crippen LogP contribution is 2.44. The fraction of sp³-hybridized carbons (Fsp3) is 0.179. The topological polar surface area (TPSA) is 83.7 Å². The standard InChI is InChI=1S/C28H24ClN3O3S/c1-15-16(2)36-28-22-14-32(3)25(35)12-21(22)23(13-24(34)30-19-8-10-20(33)11-9-19)31-27(26(15)28)17-4-6-18(29)7-5-17/h4-12,14,23,33H,13H2,1-3H3,(H,30,34). The number of rotatable bonds is 4. The maximum atomic E-state index is 13.1. The number of nitrogens with zero attached hydrogens (tertiary/aromatic N) is 2. The van der Waals surface area contributed by atoms with E-state index in [2.05, 4.69) is 19.2 Å². The fourth-order valence-electron chi connectivity index (χ4n) is 4.42. The van der Waals surface area contributed by atoms with E-state index in [0.717, 1.165) is 38.4 Å². The molecule has 2 aromatic carbocycles. The van der Waals surface area contributed by atoms with E-state index in [1.165, 1.54) is 17.0 Å². The number of pyridine rings is 1. The molecule has 0 spiro atoms. The molecule has 2 N–H and O–H groups in total. The van der Waals surface area contributed by atoms with Gasteiger partial charge < -0.3 is 15.0 Å². The van der Waals surface area contributed by atoms with E-state index in [1.54, 1.807) is 41.2 Å². The van der Waals surface area contributed by atoms with Crippen LogP contribution in [0.25, 0.3) is 10.4 Å². The average molecular weight is 518 g/mol. The Kier molecular flexibility index (Phi) is 6.28. The lowest BCUT2D eigenvalue weighted by atomic mass is 9.95. The summed E-state index contributed by atoms with van der Waals surface area (Å²) in [5.74, 6) is -0.120. The van der Waals surface area contributed by atoms with Crippen LogP contribution in [0.5, 0.6) is 5.75 Å². The number of benzene rings is 2. The summed E-state index contributed by atoms with van der Waals surface area (Å²) in [6.07, 6.45) is 1.89. The number of aromatic hydroxyl groups is 1. The summed E-state index contributed by atoms with van der Waals surface area (Å²) < 4.78 is 1.56. The van der Waals surface area contributed by atoms with Crippen LogP contribution in [-0.4, -0.2) is 21.3 Å². The molecule has 5 rings (SSSR count). The third kappa shape index (κ3) is 4.47. The first kappa shape index (κ1) is 24.0. The van der Waals surface area contributed by atoms with Crippen molar-refractivity contribution in [3.05, 3.63) is 103 Å². The van der Waals surface area contributed by atoms with Gasteiger partial charge in [-0.25, -0.2) is 0 Å². The van der Waals surface area contributed by atoms with Gasteiger partial charge in [0.25, 0.3) is 5.56 Å². The van der Waals surface area contributed by atoms with Crippen molar-refractivity contribution in [1.82, 2.24) is 4.57 Å². The zero-order valence-corrected chi connectivity index (χ0v) is 21.6. The molecule has 182 valence electrons. The van der Waals surface area contributed by atoms with Gasteiger partial charge in [0.15, 0.2) is 0 Å². The van der Waals surface area contributed by atoms with Crippen LogP contribution >= 0.6 is 22.9 Å². The Morgan fingerprint density at radius 3 is 2.53 bits per heavy atom. The summed E-state index contributed by atoms with van der Waals surface area (Å²) in [6.45, 7) is 4.16. The minimum atomic E-state index is -0.573. The molecule has 0 saturated carbocycles. The number of halogens is 1. The predicted octanol–water partition coefficient (Wildman–Crippen LogP) is 6.01. The van der Waals surface area contributed by atoms with Crippen LogP contribution in [0.15, 0.2) is 70.6 Å². The Hall–Kier alpha value is -3.68. The van der Waals surface area contributed by atoms with E-state index in [0.29, 0.717) is 10.7 Å². The van der Waals surface area contributed by atoms with Gasteiger partial charge in [-0.3, -0.25) is 14.6 Å². The first-order chi connectivity index (χ1) is 17.2. The normalized spacial score (nSPS) is 14.4. The Morgan fingerprint density at radius 2 is 1.83 bits per heavy atom. The van der Waals surface area contributed by atoms with Gasteiger partial charge in [-0.15, -0.1) is 11.3 Å². The van der Waals surface area contributed by atoms with Crippen molar-refractivity contribution in [2.24, 2.45) is 12.0 Å². The summed E-state index contributed by atoms with van der Waals surface area (Å²) in [5.41, 5.74) is 5.85. The van der Waals surface area contributed by atoms with Crippen molar-refractivity contribution < 1.29 is 9.90 Å². The molecule has 1 aliphatic rings. The molecule has 6 nitrogen and oxygen atoms in total. The Morgan fingerprint density at radius 1 is 1.14 bits per heavy atom. The predicted molar refractivity (Wildman–Crippen MR) is 146 cm³/mol. The van der Waals surface area contributed by atoms with Crippen LogP contribution < -0.4 is 10.9 Å². The number of aromatic nitrogens is 1. The van der Waals surface area contributed by atoms with E-state index in [1.807, 2.05) is 30.5 Å². The molecule has 2 aromatic heterocycles. The van der Waals surface area contributed by atoms with Gasteiger partial charge in [-0.2, -0.15) is 0 Å². The number of carbonyl (C=O) groups is 1. The van der Waals surface area contributed by atoms with Crippen molar-refractivity contribution in [2.75, 3.05) is 5.32 Å². The van der Waals surface area contributed by atoms with Crippen molar-refractivity contribution in [2.45, 2.75) is 26.3 Å². The lowest BCUT2D eigenvalue weighted by Crippen LogP contribution is -2.20. The van der Waals surface area contributed by atoms with Crippen LogP contribution in [0.1, 0.15) is 39.6 Å². The van der Waals surface area contributed by atoms with Gasteiger partial charge in [0.1, 0.15) is 5.75 Å². The molecule has 1 amide bonds. The number of hydrogen-bond acceptors (Lipinski definition) is 5. The SMILES string of the molecule is Cc1sc2c(c1C)C(c1ccc(Cl)cc1)=NC(CC(=O)Nc1ccc(O)cc1)c1cc(=O)n(C)cc1-2. The maximum Gasteiger partial charge on any atom is 0.250 e. The number of hydrogen-bond donors (Lipinski definition) is 2. The highest BCUT2D eigenvalue weighted by atomic mass is 35.5. The van der Waals surface area contributed by atoms with E-state index >= 15 is 0 Å². The summed E-state index contributed by atoms with van der Waals surface area (Å²) in [6, 6.07) is 14.8. The summed E-state index contributed by atoms with van der Waals surface area (Å²) in [7, 11) is 1.73. The lowest BCUT2D eigenvalue weighted by Gasteiger charge is -2.16. The number of phenols is 1. The molecule has 8 heteroatoms. The van der Waals surface area contributed by atoms with Gasteiger partial charge in [0.2, 0.25) is 5.91 Å². The largest absolute Gasteiger partial charge is 0.508 e. The smallest absolute Gasteiger partial charge is 0.250 e. The van der Waals surface area contributed by atoms with Crippen LogP contribution in [0, 0.1) is 13.8 Å². The van der Waals surface area contributed by atoms with Gasteiger partial charge in [-0.05, 0) is 61.4 Å². The Balaban J connectivity index is 1.67. The number of fused-ring (bicyclic) bond motifs is 3. The number of aliphatic imine (C=N–C) groups is 1. The number of amides is 1. The number of carbonyl (C=O) groups excluding carboxylic acids is 1. The first-order valence-corrected chi connectivity index (χ1v) is 12.6. The highest BCUT2D eigenvalue weighted by molar-refractivity contribution is 7.16. The number of nitrogens with one attached hydrogen (secondary N) is 1. The second kappa shape index (κ2) is 9.41. The molecular formula is C28H24ClN3O3S. The first-order valence-electron chi connectivity index (χ1n) is 11.4. The Bertz CT molecular complexity index is 1570. The van der Waals surface area contributed by atoms with E-state index < -0.39 is 6.04 Å². The third-order valence-corrected chi connectivity index (χ3v) is 7.91. The summed E-state index contributed by atoms with van der Waals surface area (Å²) in [4.78, 5) is 33.2. The van der Waals surface area contributed by atoms with Crippen molar-refractivity contribution in [3.8, 4) is 16.2 Å². The molecule has 0 aliphatic carbocycles. The third-order valence-electron chi connectivity index (χ3n) is 6.42. The minimum Gasteiger partial charge on any atom is -0.508 e. The van der Waals surface area contributed by atoms with E-state index in [-0.39, 0.29) is 23.6 Å². The molecule has 36 heavy (non-hydrogen) atoms. The Labute approximate surface area is 217 Å². The molecule has 3 heterocycles. The lowest BCUT2D eigenvalue weighted by molar-refractivity contribution is -0.116. The molecule has 1 unspecified atom stereocenters. The molecule has 0 bridgehead atoms. The zero-order chi connectivity index (χ0) is 25.6. The molecule has 4 aromatic rings. The van der Waals surface area contributed by atoms with Crippen LogP contribution in [0.4, 0.5) is 5.69 Å². The second-order valence-corrected chi connectivity index (χ2v) is 10.5. The molecular weight excluding hydrogens is 494 g/mol. The van der Waals surface area contributed by atoms with E-state index in [4.69, 9.17) is 16.6 Å². The summed E-state index contributed by atoms with van der Waals surface area (Å²) >= 11 is 7.83. The number of thiophene rings is 1. The van der Waals surface area contributed by atoms with Gasteiger partial charge in [-0.1, -0.05) is 23.7 Å². The van der Waals surface area contributed by atoms with Crippen LogP contribution in [0.3, 0.4) is 0 Å². The van der Waals surface area contributed by atoms with Gasteiger partial charge in [0.05, 0.1) is 18.2 Å². The van der Waals surface area contributed by atoms with Crippen molar-refractivity contribution >= 4 is 40.2 Å². The molecule has 0 radical (unpaired) electrons. The number of anilines is 1. The van der Waals surface area contributed by atoms with Crippen molar-refractivity contribution in [3.63, 3.8) is 0 Å². The molecule has 0 fully saturated rings. The molecule has 0 saturated heterocycles. The minimum absolute atomic E-state index is 0.0467. The highest BCUT2D eigenvalue weighted by Gasteiger charge is 2.30. The average Bonchev–Trinajstić information content (AvgIpc) is 3.07. The quantitative estimate of drug-likeness (QED) is 0.325. The van der Waals surface area contributed by atoms with Crippen LogP contribution in [0.2, 0.25) is 5.02 Å². The van der Waals surface area contributed by atoms with Crippen molar-refractivity contribution in [1.29, 1.82) is 0 Å². The zero-order valence-electron chi connectivity index (χ0n) is 20.0. The maximum absolute atomic E-state index is 13.1. The molecule has 1 atom stereocenters. The second-order valence-electron chi connectivity index (χ2n) is 8.88. The number of aryl methyl sites for hydroxylation is 2. The molecule has 1 aliphatic heterocycles. The monoisotopic (exact) mass is 517 g/mol. The van der Waals surface area contributed by atoms with Gasteiger partial charge >= 0.3 is 0 Å². The van der Waals surface area contributed by atoms with E-state index in [9.17, 15) is 14.7 Å². The number of phenolic OH excluding ortho intramolecular Hbond substituents is 1. The summed E-state index contributed by atoms with van der Waals surface area (Å²) in [5, 5.41) is 13.0. The van der Waals surface area contributed by atoms with Gasteiger partial charge in [0, 0.05) is 56.5 Å².